The van der Waals surface area contributed by atoms with E-state index >= 15 is 0 Å². The molecular formula is C19H33ClN2O. The van der Waals surface area contributed by atoms with E-state index in [1.54, 1.807) is 0 Å². The van der Waals surface area contributed by atoms with Crippen molar-refractivity contribution >= 4 is 18.3 Å². The molecule has 5 aliphatic rings. The summed E-state index contributed by atoms with van der Waals surface area (Å²) >= 11 is 0. The van der Waals surface area contributed by atoms with E-state index in [2.05, 4.69) is 17.1 Å². The van der Waals surface area contributed by atoms with E-state index in [0.717, 1.165) is 55.8 Å². The number of piperidine rings is 1. The molecule has 23 heavy (non-hydrogen) atoms. The maximum atomic E-state index is 13.1. The van der Waals surface area contributed by atoms with E-state index in [-0.39, 0.29) is 12.4 Å². The molecular weight excluding hydrogens is 308 g/mol. The van der Waals surface area contributed by atoms with Crippen LogP contribution in [0.3, 0.4) is 0 Å². The van der Waals surface area contributed by atoms with Crippen LogP contribution in [0.5, 0.6) is 0 Å². The Hall–Kier alpha value is -0.280. The summed E-state index contributed by atoms with van der Waals surface area (Å²) in [6.07, 6.45) is 9.32. The smallest absolute Gasteiger partial charge is 0.226 e. The first-order valence-electron chi connectivity index (χ1n) is 9.74. The van der Waals surface area contributed by atoms with Crippen LogP contribution in [0.15, 0.2) is 0 Å². The lowest BCUT2D eigenvalue weighted by molar-refractivity contribution is -0.150. The number of carbonyl (C=O) groups excluding carboxylic acids is 1. The lowest BCUT2D eigenvalue weighted by atomic mass is 9.51. The van der Waals surface area contributed by atoms with Crippen LogP contribution in [0.2, 0.25) is 0 Å². The molecule has 5 rings (SSSR count). The topological polar surface area (TPSA) is 32.3 Å². The van der Waals surface area contributed by atoms with E-state index in [1.165, 1.54) is 44.9 Å². The Morgan fingerprint density at radius 1 is 1.00 bits per heavy atom. The van der Waals surface area contributed by atoms with Crippen molar-refractivity contribution in [3.8, 4) is 0 Å². The van der Waals surface area contributed by atoms with Crippen LogP contribution >= 0.6 is 12.4 Å². The van der Waals surface area contributed by atoms with Gasteiger partial charge in [-0.2, -0.15) is 0 Å². The zero-order valence-electron chi connectivity index (χ0n) is 14.5. The van der Waals surface area contributed by atoms with Crippen LogP contribution < -0.4 is 5.32 Å². The highest BCUT2D eigenvalue weighted by atomic mass is 35.5. The van der Waals surface area contributed by atoms with Gasteiger partial charge in [-0.15, -0.1) is 12.4 Å². The summed E-state index contributed by atoms with van der Waals surface area (Å²) in [6, 6.07) is 0. The third-order valence-corrected chi connectivity index (χ3v) is 7.12. The first-order valence-corrected chi connectivity index (χ1v) is 9.74. The van der Waals surface area contributed by atoms with Crippen LogP contribution in [0, 0.1) is 35.5 Å². The molecule has 0 aromatic rings. The molecule has 3 nitrogen and oxygen atoms in total. The molecule has 5 fully saturated rings. The fourth-order valence-corrected chi connectivity index (χ4v) is 6.25. The van der Waals surface area contributed by atoms with Gasteiger partial charge in [-0.25, -0.2) is 0 Å². The lowest BCUT2D eigenvalue weighted by Gasteiger charge is -2.54. The predicted octanol–water partition coefficient (Wildman–Crippen LogP) is 3.33. The van der Waals surface area contributed by atoms with Gasteiger partial charge < -0.3 is 10.2 Å². The highest BCUT2D eigenvalue weighted by Gasteiger charge is 2.51. The zero-order chi connectivity index (χ0) is 15.1. The number of nitrogens with one attached hydrogen (secondary N) is 1. The molecule has 4 aliphatic carbocycles. The Morgan fingerprint density at radius 3 is 2.09 bits per heavy atom. The SMILES string of the molecule is CCNCC1CCN(C(=O)C2C3CC4CC(C3)CC2C4)CC1.Cl. The number of hydrogen-bond acceptors (Lipinski definition) is 2. The van der Waals surface area contributed by atoms with Gasteiger partial charge >= 0.3 is 0 Å². The molecule has 0 unspecified atom stereocenters. The molecule has 4 heteroatoms. The average Bonchev–Trinajstić information content (AvgIpc) is 2.52. The summed E-state index contributed by atoms with van der Waals surface area (Å²) in [5.74, 6) is 5.14. The third kappa shape index (κ3) is 3.42. The van der Waals surface area contributed by atoms with Crippen LogP contribution in [0.1, 0.15) is 51.9 Å². The second kappa shape index (κ2) is 7.31. The van der Waals surface area contributed by atoms with Crippen LogP contribution in [0.4, 0.5) is 0 Å². The second-order valence-corrected chi connectivity index (χ2v) is 8.53. The molecule has 1 saturated heterocycles. The van der Waals surface area contributed by atoms with E-state index < -0.39 is 0 Å². The lowest BCUT2D eigenvalue weighted by Crippen LogP contribution is -2.53. The van der Waals surface area contributed by atoms with Crippen LogP contribution in [-0.4, -0.2) is 37.0 Å². The molecule has 0 atom stereocenters. The van der Waals surface area contributed by atoms with Crippen molar-refractivity contribution in [2.75, 3.05) is 26.2 Å². The van der Waals surface area contributed by atoms with Crippen LogP contribution in [0.25, 0.3) is 0 Å². The van der Waals surface area contributed by atoms with Crippen LogP contribution in [-0.2, 0) is 4.79 Å². The highest BCUT2D eigenvalue weighted by Crippen LogP contribution is 2.56. The molecule has 0 spiro atoms. The molecule has 1 aliphatic heterocycles. The van der Waals surface area contributed by atoms with Gasteiger partial charge in [0.15, 0.2) is 0 Å². The van der Waals surface area contributed by atoms with E-state index in [1.807, 2.05) is 0 Å². The molecule has 0 aromatic carbocycles. The minimum atomic E-state index is 0. The molecule has 4 bridgehead atoms. The maximum Gasteiger partial charge on any atom is 0.226 e. The van der Waals surface area contributed by atoms with Crippen molar-refractivity contribution in [3.63, 3.8) is 0 Å². The molecule has 0 radical (unpaired) electrons. The Balaban J connectivity index is 0.00000156. The third-order valence-electron chi connectivity index (χ3n) is 7.12. The quantitative estimate of drug-likeness (QED) is 0.851. The number of likely N-dealkylation sites (tertiary alicyclic amines) is 1. The first kappa shape index (κ1) is 17.5. The number of nitrogens with zero attached hydrogens (tertiary/aromatic N) is 1. The number of carbonyl (C=O) groups is 1. The Morgan fingerprint density at radius 2 is 1.57 bits per heavy atom. The van der Waals surface area contributed by atoms with Crippen molar-refractivity contribution in [2.45, 2.75) is 51.9 Å². The van der Waals surface area contributed by atoms with Gasteiger partial charge in [0, 0.05) is 19.0 Å². The molecule has 1 heterocycles. The summed E-state index contributed by atoms with van der Waals surface area (Å²) in [5, 5.41) is 3.46. The zero-order valence-corrected chi connectivity index (χ0v) is 15.3. The van der Waals surface area contributed by atoms with E-state index in [9.17, 15) is 4.79 Å². The van der Waals surface area contributed by atoms with Gasteiger partial charge in [-0.05, 0) is 87.6 Å². The van der Waals surface area contributed by atoms with Gasteiger partial charge in [0.2, 0.25) is 5.91 Å². The minimum absolute atomic E-state index is 0. The standard InChI is InChI=1S/C19H32N2O.ClH/c1-2-20-12-13-3-5-21(6-4-13)19(22)18-16-8-14-7-15(10-16)11-17(18)9-14;/h13-18,20H,2-12H2,1H3;1H. The number of hydrogen-bond donors (Lipinski definition) is 1. The van der Waals surface area contributed by atoms with Gasteiger partial charge in [0.05, 0.1) is 0 Å². The highest BCUT2D eigenvalue weighted by molar-refractivity contribution is 5.85. The number of halogens is 1. The van der Waals surface area contributed by atoms with E-state index in [0.29, 0.717) is 11.8 Å². The summed E-state index contributed by atoms with van der Waals surface area (Å²) in [4.78, 5) is 15.4. The summed E-state index contributed by atoms with van der Waals surface area (Å²) in [7, 11) is 0. The Labute approximate surface area is 147 Å². The molecule has 4 saturated carbocycles. The van der Waals surface area contributed by atoms with Crippen molar-refractivity contribution in [3.05, 3.63) is 0 Å². The molecule has 132 valence electrons. The second-order valence-electron chi connectivity index (χ2n) is 8.53. The van der Waals surface area contributed by atoms with E-state index in [4.69, 9.17) is 0 Å². The van der Waals surface area contributed by atoms with Crippen molar-refractivity contribution in [2.24, 2.45) is 35.5 Å². The van der Waals surface area contributed by atoms with Crippen molar-refractivity contribution < 1.29 is 4.79 Å². The summed E-state index contributed by atoms with van der Waals surface area (Å²) in [6.45, 7) is 6.39. The van der Waals surface area contributed by atoms with Crippen molar-refractivity contribution in [1.29, 1.82) is 0 Å². The van der Waals surface area contributed by atoms with Gasteiger partial charge in [-0.3, -0.25) is 4.79 Å². The normalized spacial score (nSPS) is 39.3. The molecule has 1 amide bonds. The van der Waals surface area contributed by atoms with Crippen molar-refractivity contribution in [1.82, 2.24) is 10.2 Å². The fraction of sp³-hybridized carbons (Fsp3) is 0.947. The number of amides is 1. The minimum Gasteiger partial charge on any atom is -0.342 e. The molecule has 0 aromatic heterocycles. The van der Waals surface area contributed by atoms with Gasteiger partial charge in [-0.1, -0.05) is 6.92 Å². The fourth-order valence-electron chi connectivity index (χ4n) is 6.25. The summed E-state index contributed by atoms with van der Waals surface area (Å²) in [5.41, 5.74) is 0. The monoisotopic (exact) mass is 340 g/mol. The first-order chi connectivity index (χ1) is 10.7. The summed E-state index contributed by atoms with van der Waals surface area (Å²) < 4.78 is 0. The Kier molecular flexibility index (Phi) is 5.57. The number of rotatable bonds is 4. The van der Waals surface area contributed by atoms with Gasteiger partial charge in [0.25, 0.3) is 0 Å². The largest absolute Gasteiger partial charge is 0.342 e. The maximum absolute atomic E-state index is 13.1. The predicted molar refractivity (Wildman–Crippen MR) is 95.6 cm³/mol. The Bertz CT molecular complexity index is 392. The molecule has 1 N–H and O–H groups in total. The average molecular weight is 341 g/mol. The van der Waals surface area contributed by atoms with Gasteiger partial charge in [0.1, 0.15) is 0 Å².